The van der Waals surface area contributed by atoms with Crippen molar-refractivity contribution < 1.29 is 9.72 Å². The molecule has 80 valence electrons. The Morgan fingerprint density at radius 2 is 2.13 bits per heavy atom. The molecule has 0 bridgehead atoms. The molecule has 1 aromatic rings. The van der Waals surface area contributed by atoms with E-state index in [1.165, 1.54) is 6.07 Å². The molecule has 0 fully saturated rings. The Hall–Kier alpha value is -1.33. The first-order chi connectivity index (χ1) is 6.97. The number of ketones is 1. The largest absolute Gasteiger partial charge is 0.399 e. The van der Waals surface area contributed by atoms with Gasteiger partial charge in [-0.3, -0.25) is 14.9 Å². The fraction of sp³-hybridized carbons (Fsp3) is 0.125. The minimum Gasteiger partial charge on any atom is -0.399 e. The predicted octanol–water partition coefficient (Wildman–Crippen LogP) is 2.25. The summed E-state index contributed by atoms with van der Waals surface area (Å²) in [5, 5.41) is 10.3. The van der Waals surface area contributed by atoms with Crippen LogP contribution in [0.25, 0.3) is 0 Å². The second kappa shape index (κ2) is 4.46. The maximum atomic E-state index is 11.3. The van der Waals surface area contributed by atoms with Crippen LogP contribution < -0.4 is 5.73 Å². The van der Waals surface area contributed by atoms with E-state index < -0.39 is 16.4 Å². The number of nitrogen functional groups attached to an aromatic ring is 1. The molecule has 2 N–H and O–H groups in total. The number of nitro groups is 1. The second-order valence-electron chi connectivity index (χ2n) is 2.72. The van der Waals surface area contributed by atoms with Crippen LogP contribution >= 0.6 is 23.2 Å². The number of hydrogen-bond acceptors (Lipinski definition) is 4. The summed E-state index contributed by atoms with van der Waals surface area (Å²) in [6.45, 7) is 0. The quantitative estimate of drug-likeness (QED) is 0.292. The molecular formula is C8H6Cl2N2O3. The Kier molecular flexibility index (Phi) is 3.49. The third-order valence-electron chi connectivity index (χ3n) is 1.69. The average Bonchev–Trinajstić information content (AvgIpc) is 2.19. The minimum absolute atomic E-state index is 0.0293. The topological polar surface area (TPSA) is 86.2 Å². The molecule has 1 aromatic carbocycles. The van der Waals surface area contributed by atoms with Gasteiger partial charge in [-0.15, -0.1) is 11.6 Å². The Morgan fingerprint density at radius 1 is 1.53 bits per heavy atom. The standard InChI is InChI=1S/C8H6Cl2N2O3/c9-3-7(13)5-1-4(11)2-6(8(5)10)12(14)15/h1-2H,3,11H2. The summed E-state index contributed by atoms with van der Waals surface area (Å²) >= 11 is 11.0. The van der Waals surface area contributed by atoms with E-state index in [1.807, 2.05) is 0 Å². The number of nitrogens with zero attached hydrogens (tertiary/aromatic N) is 1. The third-order valence-corrected chi connectivity index (χ3v) is 2.33. The van der Waals surface area contributed by atoms with Gasteiger partial charge in [0, 0.05) is 17.3 Å². The molecule has 0 aliphatic carbocycles. The molecule has 1 rings (SSSR count). The fourth-order valence-electron chi connectivity index (χ4n) is 1.04. The summed E-state index contributed by atoms with van der Waals surface area (Å²) in [6.07, 6.45) is 0. The highest BCUT2D eigenvalue weighted by atomic mass is 35.5. The number of carbonyl (C=O) groups is 1. The van der Waals surface area contributed by atoms with Crippen LogP contribution in [0.5, 0.6) is 0 Å². The molecule has 5 nitrogen and oxygen atoms in total. The lowest BCUT2D eigenvalue weighted by atomic mass is 10.1. The smallest absolute Gasteiger partial charge is 0.290 e. The number of alkyl halides is 1. The number of nitro benzene ring substituents is 1. The van der Waals surface area contributed by atoms with E-state index >= 15 is 0 Å². The lowest BCUT2D eigenvalue weighted by Gasteiger charge is -2.03. The van der Waals surface area contributed by atoms with Crippen LogP contribution in [0, 0.1) is 10.1 Å². The van der Waals surface area contributed by atoms with Gasteiger partial charge in [-0.05, 0) is 6.07 Å². The summed E-state index contributed by atoms with van der Waals surface area (Å²) in [6, 6.07) is 2.35. The molecule has 0 radical (unpaired) electrons. The van der Waals surface area contributed by atoms with Crippen LogP contribution in [0.15, 0.2) is 12.1 Å². The zero-order valence-corrected chi connectivity index (χ0v) is 8.88. The minimum atomic E-state index is -0.705. The van der Waals surface area contributed by atoms with Gasteiger partial charge in [0.2, 0.25) is 0 Å². The highest BCUT2D eigenvalue weighted by Crippen LogP contribution is 2.31. The summed E-state index contributed by atoms with van der Waals surface area (Å²) in [5.41, 5.74) is 5.07. The van der Waals surface area contributed by atoms with Crippen molar-refractivity contribution in [3.05, 3.63) is 32.8 Å². The zero-order chi connectivity index (χ0) is 11.6. The van der Waals surface area contributed by atoms with E-state index in [9.17, 15) is 14.9 Å². The molecule has 0 amide bonds. The number of anilines is 1. The maximum absolute atomic E-state index is 11.3. The number of nitrogens with two attached hydrogens (primary N) is 1. The number of hydrogen-bond donors (Lipinski definition) is 1. The van der Waals surface area contributed by atoms with Crippen molar-refractivity contribution in [1.82, 2.24) is 0 Å². The van der Waals surface area contributed by atoms with E-state index in [1.54, 1.807) is 0 Å². The van der Waals surface area contributed by atoms with Gasteiger partial charge < -0.3 is 5.73 Å². The highest BCUT2D eigenvalue weighted by molar-refractivity contribution is 6.38. The molecule has 15 heavy (non-hydrogen) atoms. The second-order valence-corrected chi connectivity index (χ2v) is 3.36. The highest BCUT2D eigenvalue weighted by Gasteiger charge is 2.20. The van der Waals surface area contributed by atoms with E-state index in [4.69, 9.17) is 28.9 Å². The summed E-state index contributed by atoms with van der Waals surface area (Å²) in [7, 11) is 0. The number of Topliss-reactive ketones (excluding diaryl/α,β-unsaturated/α-hetero) is 1. The van der Waals surface area contributed by atoms with Gasteiger partial charge in [0.25, 0.3) is 5.69 Å². The molecule has 0 heterocycles. The lowest BCUT2D eigenvalue weighted by molar-refractivity contribution is -0.384. The maximum Gasteiger partial charge on any atom is 0.290 e. The van der Waals surface area contributed by atoms with Crippen LogP contribution in [-0.4, -0.2) is 16.6 Å². The van der Waals surface area contributed by atoms with Gasteiger partial charge >= 0.3 is 0 Å². The molecule has 0 spiro atoms. The SMILES string of the molecule is Nc1cc(C(=O)CCl)c(Cl)c([N+](=O)[O-])c1. The molecule has 0 atom stereocenters. The van der Waals surface area contributed by atoms with Gasteiger partial charge in [-0.2, -0.15) is 0 Å². The van der Waals surface area contributed by atoms with Crippen molar-refractivity contribution in [2.45, 2.75) is 0 Å². The monoisotopic (exact) mass is 248 g/mol. The molecule has 0 aromatic heterocycles. The van der Waals surface area contributed by atoms with E-state index in [-0.39, 0.29) is 22.2 Å². The Bertz CT molecular complexity index is 434. The Balaban J connectivity index is 3.41. The van der Waals surface area contributed by atoms with Crippen LogP contribution in [0.2, 0.25) is 5.02 Å². The number of carbonyl (C=O) groups excluding carboxylic acids is 1. The summed E-state index contributed by atoms with van der Waals surface area (Å²) in [4.78, 5) is 21.1. The van der Waals surface area contributed by atoms with Crippen molar-refractivity contribution in [3.8, 4) is 0 Å². The van der Waals surface area contributed by atoms with Crippen LogP contribution in [-0.2, 0) is 0 Å². The van der Waals surface area contributed by atoms with Crippen LogP contribution in [0.1, 0.15) is 10.4 Å². The number of rotatable bonds is 3. The lowest BCUT2D eigenvalue weighted by Crippen LogP contribution is -2.04. The van der Waals surface area contributed by atoms with Crippen LogP contribution in [0.4, 0.5) is 11.4 Å². The van der Waals surface area contributed by atoms with Crippen LogP contribution in [0.3, 0.4) is 0 Å². The molecule has 0 aliphatic rings. The molecule has 7 heteroatoms. The van der Waals surface area contributed by atoms with Gasteiger partial charge in [0.1, 0.15) is 5.02 Å². The van der Waals surface area contributed by atoms with Gasteiger partial charge in [-0.1, -0.05) is 11.6 Å². The predicted molar refractivity (Wildman–Crippen MR) is 57.6 cm³/mol. The van der Waals surface area contributed by atoms with Crippen molar-refractivity contribution in [2.75, 3.05) is 11.6 Å². The van der Waals surface area contributed by atoms with Gasteiger partial charge in [0.05, 0.1) is 10.8 Å². The van der Waals surface area contributed by atoms with Crippen molar-refractivity contribution in [2.24, 2.45) is 0 Å². The number of halogens is 2. The van der Waals surface area contributed by atoms with E-state index in [2.05, 4.69) is 0 Å². The molecular weight excluding hydrogens is 243 g/mol. The summed E-state index contributed by atoms with van der Waals surface area (Å²) < 4.78 is 0. The van der Waals surface area contributed by atoms with Crippen molar-refractivity contribution in [1.29, 1.82) is 0 Å². The molecule has 0 saturated carbocycles. The third kappa shape index (κ3) is 2.37. The average molecular weight is 249 g/mol. The van der Waals surface area contributed by atoms with Gasteiger partial charge in [0.15, 0.2) is 5.78 Å². The van der Waals surface area contributed by atoms with Crippen molar-refractivity contribution >= 4 is 40.4 Å². The Morgan fingerprint density at radius 3 is 2.60 bits per heavy atom. The number of benzene rings is 1. The van der Waals surface area contributed by atoms with Gasteiger partial charge in [-0.25, -0.2) is 0 Å². The van der Waals surface area contributed by atoms with Crippen molar-refractivity contribution in [3.63, 3.8) is 0 Å². The first-order valence-corrected chi connectivity index (χ1v) is 4.71. The molecule has 0 saturated heterocycles. The fourth-order valence-corrected chi connectivity index (χ4v) is 1.47. The normalized spacial score (nSPS) is 10.0. The molecule has 0 aliphatic heterocycles. The van der Waals surface area contributed by atoms with E-state index in [0.717, 1.165) is 6.07 Å². The molecule has 0 unspecified atom stereocenters. The first-order valence-electron chi connectivity index (χ1n) is 3.80. The Labute approximate surface area is 94.9 Å². The zero-order valence-electron chi connectivity index (χ0n) is 7.37. The summed E-state index contributed by atoms with van der Waals surface area (Å²) in [5.74, 6) is -0.808. The van der Waals surface area contributed by atoms with E-state index in [0.29, 0.717) is 0 Å². The first kappa shape index (κ1) is 11.7.